The second-order valence-corrected chi connectivity index (χ2v) is 24.9. The Morgan fingerprint density at radius 1 is 1.08 bits per heavy atom. The van der Waals surface area contributed by atoms with Crippen molar-refractivity contribution in [1.29, 1.82) is 0 Å². The van der Waals surface area contributed by atoms with E-state index in [9.17, 15) is 13.2 Å². The van der Waals surface area contributed by atoms with E-state index >= 15 is 0 Å². The van der Waals surface area contributed by atoms with Crippen molar-refractivity contribution in [2.24, 2.45) is 0 Å². The second kappa shape index (κ2) is 11.8. The van der Waals surface area contributed by atoms with Gasteiger partial charge in [-0.25, -0.2) is 13.4 Å². The first-order chi connectivity index (χ1) is 16.4. The topological polar surface area (TPSA) is 94.0 Å². The van der Waals surface area contributed by atoms with Crippen LogP contribution in [0.5, 0.6) is 0 Å². The Morgan fingerprint density at radius 3 is 2.14 bits per heavy atom. The fraction of sp³-hybridized carbons (Fsp3) is 0.833. The Bertz CT molecular complexity index is 1040. The molecule has 1 aromatic heterocycles. The summed E-state index contributed by atoms with van der Waals surface area (Å²) in [6, 6.07) is 1.02. The fourth-order valence-corrected chi connectivity index (χ4v) is 6.60. The van der Waals surface area contributed by atoms with Crippen molar-refractivity contribution in [3.63, 3.8) is 0 Å². The van der Waals surface area contributed by atoms with Crippen LogP contribution in [0, 0.1) is 0 Å². The van der Waals surface area contributed by atoms with Gasteiger partial charge >= 0.3 is 0 Å². The van der Waals surface area contributed by atoms with Crippen molar-refractivity contribution in [2.45, 2.75) is 90.8 Å². The lowest BCUT2D eigenvalue weighted by Crippen LogP contribution is -2.50. The minimum atomic E-state index is -3.27. The van der Waals surface area contributed by atoms with Gasteiger partial charge in [0.05, 0.1) is 18.1 Å². The smallest absolute Gasteiger partial charge is 0.295 e. The Labute approximate surface area is 220 Å². The summed E-state index contributed by atoms with van der Waals surface area (Å²) in [4.78, 5) is 20.2. The number of hydrogen-bond acceptors (Lipinski definition) is 7. The SMILES string of the molecule is CCC(O[Si](C)(C)C(C)(C)C)c1cn(COCC[Si](C)(C)C)c(=O)c(N2CCN(S(C)(=O)=O)CC2)n1. The average Bonchev–Trinajstić information content (AvgIpc) is 2.74. The highest BCUT2D eigenvalue weighted by molar-refractivity contribution is 7.88. The molecule has 0 N–H and O–H groups in total. The maximum absolute atomic E-state index is 13.5. The summed E-state index contributed by atoms with van der Waals surface area (Å²) in [5.41, 5.74) is 0.498. The molecule has 0 saturated carbocycles. The first-order valence-electron chi connectivity index (χ1n) is 12.9. The molecule has 1 unspecified atom stereocenters. The molecule has 1 atom stereocenters. The van der Waals surface area contributed by atoms with Crippen molar-refractivity contribution in [1.82, 2.24) is 13.9 Å². The van der Waals surface area contributed by atoms with E-state index in [-0.39, 0.29) is 23.4 Å². The Morgan fingerprint density at radius 2 is 1.67 bits per heavy atom. The van der Waals surface area contributed by atoms with Gasteiger partial charge in [0.1, 0.15) is 6.73 Å². The second-order valence-electron chi connectivity index (χ2n) is 12.5. The van der Waals surface area contributed by atoms with Gasteiger partial charge in [-0.1, -0.05) is 47.3 Å². The van der Waals surface area contributed by atoms with Crippen LogP contribution in [0.15, 0.2) is 11.0 Å². The molecule has 9 nitrogen and oxygen atoms in total. The largest absolute Gasteiger partial charge is 0.408 e. The Balaban J connectivity index is 2.40. The Kier molecular flexibility index (Phi) is 10.2. The molecule has 0 bridgehead atoms. The van der Waals surface area contributed by atoms with E-state index in [1.807, 2.05) is 4.90 Å². The van der Waals surface area contributed by atoms with Gasteiger partial charge in [0.25, 0.3) is 5.56 Å². The summed E-state index contributed by atoms with van der Waals surface area (Å²) in [5, 5.41) is 0.0413. The van der Waals surface area contributed by atoms with Gasteiger partial charge in [-0.3, -0.25) is 9.36 Å². The van der Waals surface area contributed by atoms with Gasteiger partial charge in [-0.2, -0.15) is 4.31 Å². The molecule has 2 rings (SSSR count). The third kappa shape index (κ3) is 8.48. The third-order valence-corrected chi connectivity index (χ3v) is 14.6. The van der Waals surface area contributed by atoms with Crippen molar-refractivity contribution in [3.05, 3.63) is 22.2 Å². The molecule has 1 aromatic rings. The van der Waals surface area contributed by atoms with E-state index in [0.717, 1.165) is 18.2 Å². The molecule has 1 saturated heterocycles. The molecule has 0 aromatic carbocycles. The highest BCUT2D eigenvalue weighted by Crippen LogP contribution is 2.40. The average molecular weight is 561 g/mol. The highest BCUT2D eigenvalue weighted by Gasteiger charge is 2.39. The van der Waals surface area contributed by atoms with Crippen molar-refractivity contribution < 1.29 is 17.6 Å². The number of sulfonamides is 1. The van der Waals surface area contributed by atoms with Crippen LogP contribution in [0.2, 0.25) is 43.8 Å². The maximum Gasteiger partial charge on any atom is 0.295 e. The van der Waals surface area contributed by atoms with E-state index in [4.69, 9.17) is 14.1 Å². The van der Waals surface area contributed by atoms with Crippen LogP contribution in [-0.4, -0.2) is 77.7 Å². The fourth-order valence-electron chi connectivity index (χ4n) is 3.66. The van der Waals surface area contributed by atoms with Crippen LogP contribution in [0.4, 0.5) is 5.82 Å². The van der Waals surface area contributed by atoms with Gasteiger partial charge in [-0.05, 0) is 30.6 Å². The van der Waals surface area contributed by atoms with Crippen LogP contribution >= 0.6 is 0 Å². The van der Waals surface area contributed by atoms with Gasteiger partial charge in [0.2, 0.25) is 10.0 Å². The number of anilines is 1. The summed E-state index contributed by atoms with van der Waals surface area (Å²) >= 11 is 0. The lowest BCUT2D eigenvalue weighted by Gasteiger charge is -2.39. The first kappa shape index (κ1) is 31.2. The minimum absolute atomic E-state index is 0.0413. The van der Waals surface area contributed by atoms with Crippen LogP contribution in [0.1, 0.15) is 45.9 Å². The molecule has 2 heterocycles. The molecule has 1 aliphatic heterocycles. The van der Waals surface area contributed by atoms with Crippen LogP contribution in [0.3, 0.4) is 0 Å². The molecule has 0 radical (unpaired) electrons. The minimum Gasteiger partial charge on any atom is -0.408 e. The molecule has 1 fully saturated rings. The highest BCUT2D eigenvalue weighted by atomic mass is 32.2. The lowest BCUT2D eigenvalue weighted by atomic mass is 10.2. The first-order valence-corrected chi connectivity index (χ1v) is 21.4. The zero-order valence-corrected chi connectivity index (χ0v) is 26.9. The monoisotopic (exact) mass is 560 g/mol. The maximum atomic E-state index is 13.5. The van der Waals surface area contributed by atoms with Gasteiger partial charge in [0, 0.05) is 47.1 Å². The molecule has 0 amide bonds. The van der Waals surface area contributed by atoms with E-state index in [0.29, 0.717) is 38.6 Å². The number of piperazine rings is 1. The van der Waals surface area contributed by atoms with Crippen LogP contribution in [-0.2, 0) is 25.9 Å². The quantitative estimate of drug-likeness (QED) is 0.297. The van der Waals surface area contributed by atoms with Crippen molar-refractivity contribution >= 4 is 32.2 Å². The molecule has 12 heteroatoms. The molecule has 1 aliphatic rings. The molecular weight excluding hydrogens is 513 g/mol. The van der Waals surface area contributed by atoms with Gasteiger partial charge in [-0.15, -0.1) is 0 Å². The van der Waals surface area contributed by atoms with Gasteiger partial charge in [0.15, 0.2) is 14.1 Å². The normalized spacial score (nSPS) is 17.4. The predicted octanol–water partition coefficient (Wildman–Crippen LogP) is 4.11. The summed E-state index contributed by atoms with van der Waals surface area (Å²) in [7, 11) is -6.60. The van der Waals surface area contributed by atoms with E-state index < -0.39 is 26.4 Å². The lowest BCUT2D eigenvalue weighted by molar-refractivity contribution is 0.0834. The summed E-state index contributed by atoms with van der Waals surface area (Å²) in [6.45, 7) is 22.3. The summed E-state index contributed by atoms with van der Waals surface area (Å²) < 4.78 is 39.6. The summed E-state index contributed by atoms with van der Waals surface area (Å²) in [5.74, 6) is 0.340. The molecular formula is C24H48N4O5SSi2. The number of nitrogens with zero attached hydrogens (tertiary/aromatic N) is 4. The predicted molar refractivity (Wildman–Crippen MR) is 153 cm³/mol. The standard InChI is InChI=1S/C24H48N4O5SSi2/c1-11-21(33-36(9,10)24(2,3)4)20-18-27(19-32-16-17-35(6,7)8)23(29)22(25-20)26-12-14-28(15-13-26)34(5,30)31/h18,21H,11-17,19H2,1-10H3. The molecule has 0 spiro atoms. The van der Waals surface area contributed by atoms with E-state index in [1.54, 1.807) is 10.8 Å². The zero-order chi connectivity index (χ0) is 27.5. The van der Waals surface area contributed by atoms with Crippen LogP contribution in [0.25, 0.3) is 0 Å². The van der Waals surface area contributed by atoms with Crippen molar-refractivity contribution in [3.8, 4) is 0 Å². The molecule has 0 aliphatic carbocycles. The van der Waals surface area contributed by atoms with Crippen molar-refractivity contribution in [2.75, 3.05) is 43.9 Å². The molecule has 36 heavy (non-hydrogen) atoms. The van der Waals surface area contributed by atoms with E-state index in [2.05, 4.69) is 60.4 Å². The third-order valence-electron chi connectivity index (χ3n) is 7.15. The Hall–Kier alpha value is -1.06. The number of aromatic nitrogens is 2. The summed E-state index contributed by atoms with van der Waals surface area (Å²) in [6.07, 6.45) is 3.50. The number of ether oxygens (including phenoxy) is 1. The van der Waals surface area contributed by atoms with Crippen LogP contribution < -0.4 is 10.5 Å². The van der Waals surface area contributed by atoms with Gasteiger partial charge < -0.3 is 14.1 Å². The number of hydrogen-bond donors (Lipinski definition) is 0. The number of rotatable bonds is 11. The molecule has 208 valence electrons. The zero-order valence-electron chi connectivity index (χ0n) is 24.0. The van der Waals surface area contributed by atoms with E-state index in [1.165, 1.54) is 10.6 Å².